The molecule has 0 amide bonds. The number of nitrogens with one attached hydrogen (secondary N) is 1. The summed E-state index contributed by atoms with van der Waals surface area (Å²) < 4.78 is 26.8. The highest BCUT2D eigenvalue weighted by Crippen LogP contribution is 2.07. The van der Waals surface area contributed by atoms with E-state index in [9.17, 15) is 8.42 Å². The van der Waals surface area contributed by atoms with E-state index >= 15 is 0 Å². The average molecular weight is 260 g/mol. The van der Waals surface area contributed by atoms with Crippen molar-refractivity contribution in [3.63, 3.8) is 0 Å². The Morgan fingerprint density at radius 1 is 1.53 bits per heavy atom. The second-order valence-corrected chi connectivity index (χ2v) is 6.25. The van der Waals surface area contributed by atoms with Crippen LogP contribution in [0, 0.1) is 0 Å². The van der Waals surface area contributed by atoms with Gasteiger partial charge in [-0.05, 0) is 20.0 Å². The van der Waals surface area contributed by atoms with Crippen LogP contribution in [-0.2, 0) is 23.6 Å². The van der Waals surface area contributed by atoms with Crippen LogP contribution in [0.2, 0.25) is 0 Å². The summed E-state index contributed by atoms with van der Waals surface area (Å²) in [5, 5.41) is 6.95. The molecule has 0 aliphatic rings. The highest BCUT2D eigenvalue weighted by atomic mass is 32.2. The lowest BCUT2D eigenvalue weighted by molar-refractivity contribution is 0.464. The third-order valence-corrected chi connectivity index (χ3v) is 4.35. The number of sulfonamides is 1. The smallest absolute Gasteiger partial charge is 0.214 e. The van der Waals surface area contributed by atoms with Crippen molar-refractivity contribution in [1.29, 1.82) is 0 Å². The Labute approximate surface area is 103 Å². The lowest BCUT2D eigenvalue weighted by Gasteiger charge is -2.16. The van der Waals surface area contributed by atoms with Gasteiger partial charge >= 0.3 is 0 Å². The molecule has 1 rings (SSSR count). The van der Waals surface area contributed by atoms with E-state index in [0.717, 1.165) is 5.56 Å². The van der Waals surface area contributed by atoms with Crippen LogP contribution in [0.5, 0.6) is 0 Å². The average Bonchev–Trinajstić information content (AvgIpc) is 2.64. The molecule has 1 aromatic rings. The highest BCUT2D eigenvalue weighted by molar-refractivity contribution is 7.89. The van der Waals surface area contributed by atoms with Gasteiger partial charge in [0.1, 0.15) is 0 Å². The van der Waals surface area contributed by atoms with Crippen molar-refractivity contribution in [3.8, 4) is 0 Å². The first-order valence-electron chi connectivity index (χ1n) is 5.52. The summed E-state index contributed by atoms with van der Waals surface area (Å²) in [4.78, 5) is 0. The largest absolute Gasteiger partial charge is 0.320 e. The molecule has 1 heterocycles. The molecule has 98 valence electrons. The van der Waals surface area contributed by atoms with Gasteiger partial charge in [-0.2, -0.15) is 5.10 Å². The Morgan fingerprint density at radius 2 is 2.24 bits per heavy atom. The summed E-state index contributed by atoms with van der Waals surface area (Å²) in [6.45, 7) is 1.08. The molecule has 0 atom stereocenters. The first kappa shape index (κ1) is 14.1. The van der Waals surface area contributed by atoms with Crippen molar-refractivity contribution in [2.24, 2.45) is 7.05 Å². The molecule has 1 N–H and O–H groups in total. The summed E-state index contributed by atoms with van der Waals surface area (Å²) in [5.41, 5.74) is 0.896. The Hall–Kier alpha value is -0.920. The van der Waals surface area contributed by atoms with Crippen LogP contribution in [0.3, 0.4) is 0 Å². The second kappa shape index (κ2) is 6.13. The molecule has 17 heavy (non-hydrogen) atoms. The molecule has 1 aromatic heterocycles. The standard InChI is InChI=1S/C10H20N4O2S/c1-11-5-4-6-17(15,16)14(3)9-10-7-12-13(2)8-10/h7-8,11H,4-6,9H2,1-3H3. The van der Waals surface area contributed by atoms with Crippen molar-refractivity contribution >= 4 is 10.0 Å². The van der Waals surface area contributed by atoms with Gasteiger partial charge in [-0.3, -0.25) is 4.68 Å². The van der Waals surface area contributed by atoms with Gasteiger partial charge in [-0.1, -0.05) is 0 Å². The summed E-state index contributed by atoms with van der Waals surface area (Å²) in [7, 11) is 2.06. The Bertz CT molecular complexity index is 441. The van der Waals surface area contributed by atoms with Crippen LogP contribution in [0.1, 0.15) is 12.0 Å². The van der Waals surface area contributed by atoms with Gasteiger partial charge in [0.25, 0.3) is 0 Å². The lowest BCUT2D eigenvalue weighted by atomic mass is 10.4. The van der Waals surface area contributed by atoms with E-state index in [0.29, 0.717) is 19.5 Å². The third-order valence-electron chi connectivity index (χ3n) is 2.47. The number of hydrogen-bond donors (Lipinski definition) is 1. The van der Waals surface area contributed by atoms with Crippen LogP contribution in [-0.4, -0.2) is 48.9 Å². The first-order valence-corrected chi connectivity index (χ1v) is 7.13. The monoisotopic (exact) mass is 260 g/mol. The summed E-state index contributed by atoms with van der Waals surface area (Å²) in [6.07, 6.45) is 4.12. The fraction of sp³-hybridized carbons (Fsp3) is 0.700. The van der Waals surface area contributed by atoms with E-state index in [1.54, 1.807) is 17.9 Å². The van der Waals surface area contributed by atoms with E-state index in [1.165, 1.54) is 4.31 Å². The molecule has 0 fully saturated rings. The minimum absolute atomic E-state index is 0.171. The molecule has 0 aliphatic carbocycles. The van der Waals surface area contributed by atoms with E-state index in [2.05, 4.69) is 10.4 Å². The molecule has 0 aromatic carbocycles. The highest BCUT2D eigenvalue weighted by Gasteiger charge is 2.17. The summed E-state index contributed by atoms with van der Waals surface area (Å²) in [5.74, 6) is 0.171. The van der Waals surface area contributed by atoms with Gasteiger partial charge in [-0.15, -0.1) is 0 Å². The minimum atomic E-state index is -3.17. The fourth-order valence-corrected chi connectivity index (χ4v) is 2.66. The van der Waals surface area contributed by atoms with Crippen molar-refractivity contribution < 1.29 is 8.42 Å². The molecule has 0 saturated heterocycles. The number of hydrogen-bond acceptors (Lipinski definition) is 4. The molecule has 7 heteroatoms. The second-order valence-electron chi connectivity index (χ2n) is 4.05. The van der Waals surface area contributed by atoms with Crippen molar-refractivity contribution in [2.75, 3.05) is 26.4 Å². The van der Waals surface area contributed by atoms with Crippen LogP contribution in [0.25, 0.3) is 0 Å². The maximum absolute atomic E-state index is 11.9. The topological polar surface area (TPSA) is 67.2 Å². The molecular formula is C10H20N4O2S. The zero-order valence-electron chi connectivity index (χ0n) is 10.5. The molecule has 0 spiro atoms. The predicted octanol–water partition coefficient (Wildman–Crippen LogP) is -0.209. The molecule has 0 radical (unpaired) electrons. The SMILES string of the molecule is CNCCCS(=O)(=O)N(C)Cc1cnn(C)c1. The van der Waals surface area contributed by atoms with Crippen molar-refractivity contribution in [3.05, 3.63) is 18.0 Å². The fourth-order valence-electron chi connectivity index (χ4n) is 1.50. The number of aromatic nitrogens is 2. The van der Waals surface area contributed by atoms with Gasteiger partial charge in [0.05, 0.1) is 11.9 Å². The number of aryl methyl sites for hydroxylation is 1. The molecule has 0 bridgehead atoms. The van der Waals surface area contributed by atoms with E-state index in [1.807, 2.05) is 20.3 Å². The maximum atomic E-state index is 11.9. The zero-order chi connectivity index (χ0) is 12.9. The molecular weight excluding hydrogens is 240 g/mol. The van der Waals surface area contributed by atoms with Crippen molar-refractivity contribution in [2.45, 2.75) is 13.0 Å². The minimum Gasteiger partial charge on any atom is -0.320 e. The molecule has 6 nitrogen and oxygen atoms in total. The third kappa shape index (κ3) is 4.45. The quantitative estimate of drug-likeness (QED) is 0.689. The molecule has 0 saturated carbocycles. The predicted molar refractivity (Wildman–Crippen MR) is 67.0 cm³/mol. The number of rotatable bonds is 7. The van der Waals surface area contributed by atoms with Crippen LogP contribution < -0.4 is 5.32 Å². The van der Waals surface area contributed by atoms with Gasteiger partial charge in [-0.25, -0.2) is 12.7 Å². The van der Waals surface area contributed by atoms with Crippen molar-refractivity contribution in [1.82, 2.24) is 19.4 Å². The molecule has 0 unspecified atom stereocenters. The van der Waals surface area contributed by atoms with Gasteiger partial charge < -0.3 is 5.32 Å². The Kier molecular flexibility index (Phi) is 5.10. The summed E-state index contributed by atoms with van der Waals surface area (Å²) in [6, 6.07) is 0. The van der Waals surface area contributed by atoms with Gasteiger partial charge in [0, 0.05) is 32.4 Å². The molecule has 0 aliphatic heterocycles. The van der Waals surface area contributed by atoms with Gasteiger partial charge in [0.15, 0.2) is 0 Å². The van der Waals surface area contributed by atoms with Crippen LogP contribution in [0.4, 0.5) is 0 Å². The normalized spacial score (nSPS) is 12.2. The van der Waals surface area contributed by atoms with Crippen LogP contribution in [0.15, 0.2) is 12.4 Å². The van der Waals surface area contributed by atoms with Gasteiger partial charge in [0.2, 0.25) is 10.0 Å². The van der Waals surface area contributed by atoms with E-state index in [4.69, 9.17) is 0 Å². The maximum Gasteiger partial charge on any atom is 0.214 e. The lowest BCUT2D eigenvalue weighted by Crippen LogP contribution is -2.29. The van der Waals surface area contributed by atoms with Crippen LogP contribution >= 0.6 is 0 Å². The van der Waals surface area contributed by atoms with E-state index in [-0.39, 0.29) is 5.75 Å². The Balaban J connectivity index is 2.53. The summed E-state index contributed by atoms with van der Waals surface area (Å²) >= 11 is 0. The zero-order valence-corrected chi connectivity index (χ0v) is 11.4. The van der Waals surface area contributed by atoms with E-state index < -0.39 is 10.0 Å². The Morgan fingerprint density at radius 3 is 2.76 bits per heavy atom. The first-order chi connectivity index (χ1) is 7.95. The number of nitrogens with zero attached hydrogens (tertiary/aromatic N) is 3.